The third-order valence-electron chi connectivity index (χ3n) is 3.75. The Hall–Kier alpha value is -1.62. The third-order valence-corrected chi connectivity index (χ3v) is 4.85. The van der Waals surface area contributed by atoms with Crippen molar-refractivity contribution in [2.45, 2.75) is 32.6 Å². The summed E-state index contributed by atoms with van der Waals surface area (Å²) in [4.78, 5) is 20.5. The number of carbonyl (C=O) groups excluding carboxylic acids is 1. The molecule has 0 aliphatic carbocycles. The van der Waals surface area contributed by atoms with Crippen molar-refractivity contribution in [2.75, 3.05) is 18.8 Å². The van der Waals surface area contributed by atoms with E-state index in [9.17, 15) is 4.79 Å². The number of amides is 1. The van der Waals surface area contributed by atoms with Gasteiger partial charge in [-0.2, -0.15) is 0 Å². The Bertz CT molecular complexity index is 644. The monoisotopic (exact) mass is 289 g/mol. The van der Waals surface area contributed by atoms with Gasteiger partial charge in [0.25, 0.3) is 5.91 Å². The molecule has 0 radical (unpaired) electrons. The van der Waals surface area contributed by atoms with E-state index in [-0.39, 0.29) is 5.91 Å². The molecule has 2 aromatic rings. The number of hydrogen-bond donors (Lipinski definition) is 1. The summed E-state index contributed by atoms with van der Waals surface area (Å²) in [5.74, 6) is 0.0695. The van der Waals surface area contributed by atoms with Gasteiger partial charge in [0.05, 0.1) is 5.69 Å². The average molecular weight is 289 g/mol. The first-order valence-electron chi connectivity index (χ1n) is 7.18. The topological polar surface area (TPSA) is 59.2 Å². The predicted molar refractivity (Wildman–Crippen MR) is 83.2 cm³/mol. The SMILES string of the molecule is CCCc1ccc2c(N)c(C(=O)N3CCCC3)sc2n1. The van der Waals surface area contributed by atoms with E-state index < -0.39 is 0 Å². The van der Waals surface area contributed by atoms with Crippen molar-refractivity contribution in [3.8, 4) is 0 Å². The van der Waals surface area contributed by atoms with Gasteiger partial charge in [-0.15, -0.1) is 11.3 Å². The Morgan fingerprint density at radius 2 is 2.15 bits per heavy atom. The highest BCUT2D eigenvalue weighted by molar-refractivity contribution is 7.21. The summed E-state index contributed by atoms with van der Waals surface area (Å²) in [6.45, 7) is 3.83. The maximum atomic E-state index is 12.5. The molecule has 1 aliphatic rings. The largest absolute Gasteiger partial charge is 0.397 e. The molecular formula is C15H19N3OS. The van der Waals surface area contributed by atoms with Crippen molar-refractivity contribution in [1.82, 2.24) is 9.88 Å². The number of fused-ring (bicyclic) bond motifs is 1. The molecule has 0 aromatic carbocycles. The van der Waals surface area contributed by atoms with Crippen molar-refractivity contribution >= 4 is 33.1 Å². The van der Waals surface area contributed by atoms with Crippen LogP contribution in [0.3, 0.4) is 0 Å². The second-order valence-corrected chi connectivity index (χ2v) is 6.25. The van der Waals surface area contributed by atoms with Crippen LogP contribution < -0.4 is 5.73 Å². The van der Waals surface area contributed by atoms with E-state index in [1.54, 1.807) is 0 Å². The Labute approximate surface area is 122 Å². The molecule has 1 fully saturated rings. The molecule has 20 heavy (non-hydrogen) atoms. The molecule has 5 heteroatoms. The number of thiophene rings is 1. The lowest BCUT2D eigenvalue weighted by molar-refractivity contribution is 0.0798. The number of hydrogen-bond acceptors (Lipinski definition) is 4. The fourth-order valence-corrected chi connectivity index (χ4v) is 3.73. The molecule has 2 aromatic heterocycles. The number of nitrogens with zero attached hydrogens (tertiary/aromatic N) is 2. The quantitative estimate of drug-likeness (QED) is 0.944. The molecule has 106 valence electrons. The van der Waals surface area contributed by atoms with E-state index in [2.05, 4.69) is 11.9 Å². The molecule has 0 bridgehead atoms. The van der Waals surface area contributed by atoms with Crippen molar-refractivity contribution in [1.29, 1.82) is 0 Å². The van der Waals surface area contributed by atoms with Crippen LogP contribution in [0.15, 0.2) is 12.1 Å². The van der Waals surface area contributed by atoms with Crippen LogP contribution >= 0.6 is 11.3 Å². The van der Waals surface area contributed by atoms with E-state index >= 15 is 0 Å². The third kappa shape index (κ3) is 2.26. The second kappa shape index (κ2) is 5.40. The number of aromatic nitrogens is 1. The van der Waals surface area contributed by atoms with Gasteiger partial charge in [0.15, 0.2) is 0 Å². The first-order valence-corrected chi connectivity index (χ1v) is 7.99. The zero-order valence-corrected chi connectivity index (χ0v) is 12.5. The molecule has 3 rings (SSSR count). The normalized spacial score (nSPS) is 15.2. The minimum absolute atomic E-state index is 0.0695. The van der Waals surface area contributed by atoms with Gasteiger partial charge in [-0.1, -0.05) is 13.3 Å². The second-order valence-electron chi connectivity index (χ2n) is 5.25. The fourth-order valence-electron chi connectivity index (χ4n) is 2.65. The van der Waals surface area contributed by atoms with Crippen LogP contribution in [0, 0.1) is 0 Å². The number of pyridine rings is 1. The van der Waals surface area contributed by atoms with E-state index in [4.69, 9.17) is 5.73 Å². The highest BCUT2D eigenvalue weighted by Crippen LogP contribution is 2.34. The molecule has 1 saturated heterocycles. The van der Waals surface area contributed by atoms with Crippen molar-refractivity contribution in [2.24, 2.45) is 0 Å². The predicted octanol–water partition coefficient (Wildman–Crippen LogP) is 3.07. The fraction of sp³-hybridized carbons (Fsp3) is 0.467. The van der Waals surface area contributed by atoms with Gasteiger partial charge in [-0.05, 0) is 31.4 Å². The molecule has 0 unspecified atom stereocenters. The van der Waals surface area contributed by atoms with Crippen LogP contribution in [0.4, 0.5) is 5.69 Å². The van der Waals surface area contributed by atoms with Gasteiger partial charge in [-0.3, -0.25) is 4.79 Å². The van der Waals surface area contributed by atoms with Crippen LogP contribution in [0.1, 0.15) is 41.6 Å². The van der Waals surface area contributed by atoms with Gasteiger partial charge in [0, 0.05) is 24.2 Å². The number of carbonyl (C=O) groups is 1. The Morgan fingerprint density at radius 1 is 1.40 bits per heavy atom. The van der Waals surface area contributed by atoms with E-state index in [1.807, 2.05) is 17.0 Å². The Balaban J connectivity index is 1.98. The molecule has 2 N–H and O–H groups in total. The van der Waals surface area contributed by atoms with Crippen LogP contribution in [-0.2, 0) is 6.42 Å². The lowest BCUT2D eigenvalue weighted by Gasteiger charge is -2.13. The van der Waals surface area contributed by atoms with Gasteiger partial charge < -0.3 is 10.6 Å². The minimum atomic E-state index is 0.0695. The summed E-state index contributed by atoms with van der Waals surface area (Å²) in [7, 11) is 0. The molecule has 0 saturated carbocycles. The lowest BCUT2D eigenvalue weighted by atomic mass is 10.2. The maximum absolute atomic E-state index is 12.5. The minimum Gasteiger partial charge on any atom is -0.397 e. The summed E-state index contributed by atoms with van der Waals surface area (Å²) in [6, 6.07) is 4.01. The molecule has 4 nitrogen and oxygen atoms in total. The number of nitrogens with two attached hydrogens (primary N) is 1. The summed E-state index contributed by atoms with van der Waals surface area (Å²) < 4.78 is 0. The van der Waals surface area contributed by atoms with Crippen molar-refractivity contribution in [3.05, 3.63) is 22.7 Å². The first kappa shape index (κ1) is 13.4. The van der Waals surface area contributed by atoms with Gasteiger partial charge >= 0.3 is 0 Å². The van der Waals surface area contributed by atoms with Crippen LogP contribution in [0.5, 0.6) is 0 Å². The first-order chi connectivity index (χ1) is 9.70. The van der Waals surface area contributed by atoms with Crippen LogP contribution in [0.2, 0.25) is 0 Å². The van der Waals surface area contributed by atoms with Crippen molar-refractivity contribution in [3.63, 3.8) is 0 Å². The molecule has 0 atom stereocenters. The van der Waals surface area contributed by atoms with Gasteiger partial charge in [-0.25, -0.2) is 4.98 Å². The number of rotatable bonds is 3. The van der Waals surface area contributed by atoms with E-state index in [1.165, 1.54) is 11.3 Å². The summed E-state index contributed by atoms with van der Waals surface area (Å²) in [6.07, 6.45) is 4.22. The van der Waals surface area contributed by atoms with E-state index in [0.29, 0.717) is 10.6 Å². The Kier molecular flexibility index (Phi) is 3.61. The summed E-state index contributed by atoms with van der Waals surface area (Å²) in [5, 5.41) is 0.914. The molecule has 1 aliphatic heterocycles. The summed E-state index contributed by atoms with van der Waals surface area (Å²) >= 11 is 1.43. The number of aryl methyl sites for hydroxylation is 1. The highest BCUT2D eigenvalue weighted by atomic mass is 32.1. The maximum Gasteiger partial charge on any atom is 0.266 e. The smallest absolute Gasteiger partial charge is 0.266 e. The zero-order chi connectivity index (χ0) is 14.1. The highest BCUT2D eigenvalue weighted by Gasteiger charge is 2.24. The standard InChI is InChI=1S/C15H19N3OS/c1-2-5-10-6-7-11-12(16)13(20-14(11)17-10)15(19)18-8-3-4-9-18/h6-7H,2-5,8-9,16H2,1H3. The summed E-state index contributed by atoms with van der Waals surface area (Å²) in [5.41, 5.74) is 7.82. The average Bonchev–Trinajstić information content (AvgIpc) is 3.07. The van der Waals surface area contributed by atoms with Crippen LogP contribution in [-0.4, -0.2) is 28.9 Å². The van der Waals surface area contributed by atoms with E-state index in [0.717, 1.165) is 54.7 Å². The number of anilines is 1. The van der Waals surface area contributed by atoms with Gasteiger partial charge in [0.2, 0.25) is 0 Å². The van der Waals surface area contributed by atoms with Crippen molar-refractivity contribution < 1.29 is 4.79 Å². The zero-order valence-electron chi connectivity index (χ0n) is 11.7. The molecule has 3 heterocycles. The van der Waals surface area contributed by atoms with Gasteiger partial charge in [0.1, 0.15) is 9.71 Å². The van der Waals surface area contributed by atoms with Crippen LogP contribution in [0.25, 0.3) is 10.2 Å². The Morgan fingerprint density at radius 3 is 2.85 bits per heavy atom. The molecular weight excluding hydrogens is 270 g/mol. The lowest BCUT2D eigenvalue weighted by Crippen LogP contribution is -2.27. The molecule has 1 amide bonds. The number of likely N-dealkylation sites (tertiary alicyclic amines) is 1. The molecule has 0 spiro atoms. The number of nitrogen functional groups attached to an aromatic ring is 1.